The van der Waals surface area contributed by atoms with Gasteiger partial charge in [0.15, 0.2) is 6.61 Å². The van der Waals surface area contributed by atoms with Crippen LogP contribution in [-0.2, 0) is 11.3 Å². The summed E-state index contributed by atoms with van der Waals surface area (Å²) in [7, 11) is 0. The van der Waals surface area contributed by atoms with Gasteiger partial charge < -0.3 is 15.4 Å². The van der Waals surface area contributed by atoms with Gasteiger partial charge in [0.05, 0.1) is 5.69 Å². The SMILES string of the molecule is CC1(CNCc2ccc3c(c2)NC(=O)CO3)CCCS1. The lowest BCUT2D eigenvalue weighted by Crippen LogP contribution is -2.32. The number of fused-ring (bicyclic) bond motifs is 1. The van der Waals surface area contributed by atoms with E-state index in [1.165, 1.54) is 24.2 Å². The Hall–Kier alpha value is -1.20. The first-order valence-electron chi connectivity index (χ1n) is 7.05. The number of thioether (sulfide) groups is 1. The van der Waals surface area contributed by atoms with Gasteiger partial charge in [-0.3, -0.25) is 4.79 Å². The second-order valence-electron chi connectivity index (χ2n) is 5.67. The van der Waals surface area contributed by atoms with E-state index >= 15 is 0 Å². The molecule has 2 aliphatic rings. The first-order chi connectivity index (χ1) is 9.65. The Morgan fingerprint density at radius 2 is 2.40 bits per heavy atom. The molecule has 2 aliphatic heterocycles. The van der Waals surface area contributed by atoms with Crippen LogP contribution in [0.3, 0.4) is 0 Å². The van der Waals surface area contributed by atoms with Gasteiger partial charge in [-0.2, -0.15) is 11.8 Å². The van der Waals surface area contributed by atoms with Crippen LogP contribution in [-0.4, -0.2) is 29.6 Å². The van der Waals surface area contributed by atoms with Crippen molar-refractivity contribution in [1.82, 2.24) is 5.32 Å². The van der Waals surface area contributed by atoms with Gasteiger partial charge in [-0.1, -0.05) is 6.07 Å². The van der Waals surface area contributed by atoms with Crippen LogP contribution in [0.4, 0.5) is 5.69 Å². The summed E-state index contributed by atoms with van der Waals surface area (Å²) in [6.45, 7) is 4.29. The van der Waals surface area contributed by atoms with E-state index in [9.17, 15) is 4.79 Å². The van der Waals surface area contributed by atoms with E-state index in [-0.39, 0.29) is 12.5 Å². The standard InChI is InChI=1S/C15H20N2O2S/c1-15(5-2-6-20-15)10-16-8-11-3-4-13-12(7-11)17-14(18)9-19-13/h3-4,7,16H,2,5-6,8-10H2,1H3,(H,17,18). The molecule has 1 aromatic rings. The highest BCUT2D eigenvalue weighted by Crippen LogP contribution is 2.37. The van der Waals surface area contributed by atoms with Crippen molar-refractivity contribution in [2.75, 3.05) is 24.2 Å². The summed E-state index contributed by atoms with van der Waals surface area (Å²) in [6.07, 6.45) is 2.61. The molecule has 5 heteroatoms. The van der Waals surface area contributed by atoms with Crippen LogP contribution in [0.5, 0.6) is 5.75 Å². The van der Waals surface area contributed by atoms with E-state index in [0.717, 1.165) is 24.5 Å². The zero-order valence-electron chi connectivity index (χ0n) is 11.7. The van der Waals surface area contributed by atoms with Gasteiger partial charge in [0.1, 0.15) is 5.75 Å². The maximum absolute atomic E-state index is 11.3. The second-order valence-corrected chi connectivity index (χ2v) is 7.36. The molecule has 108 valence electrons. The summed E-state index contributed by atoms with van der Waals surface area (Å²) in [5, 5.41) is 6.37. The van der Waals surface area contributed by atoms with Crippen molar-refractivity contribution in [3.63, 3.8) is 0 Å². The van der Waals surface area contributed by atoms with E-state index in [2.05, 4.69) is 29.3 Å². The molecule has 1 unspecified atom stereocenters. The summed E-state index contributed by atoms with van der Waals surface area (Å²) in [4.78, 5) is 11.3. The average molecular weight is 292 g/mol. The van der Waals surface area contributed by atoms with Crippen LogP contribution in [0.15, 0.2) is 18.2 Å². The van der Waals surface area contributed by atoms with Gasteiger partial charge >= 0.3 is 0 Å². The largest absolute Gasteiger partial charge is 0.482 e. The van der Waals surface area contributed by atoms with Crippen molar-refractivity contribution in [3.05, 3.63) is 23.8 Å². The fraction of sp³-hybridized carbons (Fsp3) is 0.533. The van der Waals surface area contributed by atoms with Crippen molar-refractivity contribution >= 4 is 23.4 Å². The summed E-state index contributed by atoms with van der Waals surface area (Å²) in [6, 6.07) is 5.97. The molecule has 2 N–H and O–H groups in total. The maximum Gasteiger partial charge on any atom is 0.262 e. The quantitative estimate of drug-likeness (QED) is 0.894. The van der Waals surface area contributed by atoms with E-state index in [0.29, 0.717) is 4.75 Å². The molecule has 1 aromatic carbocycles. The van der Waals surface area contributed by atoms with E-state index in [4.69, 9.17) is 4.74 Å². The molecule has 1 saturated heterocycles. The lowest BCUT2D eigenvalue weighted by molar-refractivity contribution is -0.118. The van der Waals surface area contributed by atoms with Crippen molar-refractivity contribution < 1.29 is 9.53 Å². The maximum atomic E-state index is 11.3. The predicted molar refractivity (Wildman–Crippen MR) is 82.4 cm³/mol. The number of benzene rings is 1. The molecular formula is C15H20N2O2S. The first kappa shape index (κ1) is 13.8. The van der Waals surface area contributed by atoms with Gasteiger partial charge in [0.2, 0.25) is 0 Å². The summed E-state index contributed by atoms with van der Waals surface area (Å²) in [5.41, 5.74) is 1.95. The molecule has 1 atom stereocenters. The lowest BCUT2D eigenvalue weighted by atomic mass is 10.1. The molecule has 4 nitrogen and oxygen atoms in total. The Balaban J connectivity index is 1.58. The average Bonchev–Trinajstić information content (AvgIpc) is 2.85. The third kappa shape index (κ3) is 3.10. The lowest BCUT2D eigenvalue weighted by Gasteiger charge is -2.23. The molecule has 3 rings (SSSR count). The Morgan fingerprint density at radius 1 is 1.50 bits per heavy atom. The minimum absolute atomic E-state index is 0.0857. The zero-order valence-corrected chi connectivity index (χ0v) is 12.5. The molecular weight excluding hydrogens is 272 g/mol. The van der Waals surface area contributed by atoms with E-state index < -0.39 is 0 Å². The van der Waals surface area contributed by atoms with Crippen molar-refractivity contribution in [3.8, 4) is 5.75 Å². The number of ether oxygens (including phenoxy) is 1. The predicted octanol–water partition coefficient (Wildman–Crippen LogP) is 2.39. The molecule has 0 aromatic heterocycles. The van der Waals surface area contributed by atoms with Gasteiger partial charge in [0.25, 0.3) is 5.91 Å². The van der Waals surface area contributed by atoms with Crippen molar-refractivity contribution in [2.24, 2.45) is 0 Å². The first-order valence-corrected chi connectivity index (χ1v) is 8.03. The number of carbonyl (C=O) groups is 1. The van der Waals surface area contributed by atoms with Crippen LogP contribution in [0, 0.1) is 0 Å². The number of amides is 1. The summed E-state index contributed by atoms with van der Waals surface area (Å²) in [5.74, 6) is 1.95. The normalized spacial score (nSPS) is 24.9. The highest BCUT2D eigenvalue weighted by molar-refractivity contribution is 8.00. The zero-order chi connectivity index (χ0) is 14.0. The van der Waals surface area contributed by atoms with Crippen LogP contribution in [0.1, 0.15) is 25.3 Å². The molecule has 1 fully saturated rings. The van der Waals surface area contributed by atoms with Gasteiger partial charge in [0, 0.05) is 17.8 Å². The number of rotatable bonds is 4. The summed E-state index contributed by atoms with van der Waals surface area (Å²) < 4.78 is 5.74. The number of nitrogens with one attached hydrogen (secondary N) is 2. The highest BCUT2D eigenvalue weighted by Gasteiger charge is 2.28. The molecule has 1 amide bonds. The fourth-order valence-electron chi connectivity index (χ4n) is 2.69. The van der Waals surface area contributed by atoms with Gasteiger partial charge in [-0.15, -0.1) is 0 Å². The van der Waals surface area contributed by atoms with Gasteiger partial charge in [-0.25, -0.2) is 0 Å². The topological polar surface area (TPSA) is 50.4 Å². The molecule has 0 saturated carbocycles. The number of hydrogen-bond acceptors (Lipinski definition) is 4. The van der Waals surface area contributed by atoms with Crippen LogP contribution in [0.2, 0.25) is 0 Å². The Bertz CT molecular complexity index is 513. The second kappa shape index (κ2) is 5.66. The van der Waals surface area contributed by atoms with Crippen LogP contribution < -0.4 is 15.4 Å². The van der Waals surface area contributed by atoms with E-state index in [1.54, 1.807) is 0 Å². The Labute approximate surface area is 123 Å². The smallest absolute Gasteiger partial charge is 0.262 e. The number of hydrogen-bond donors (Lipinski definition) is 2. The number of anilines is 1. The molecule has 0 bridgehead atoms. The fourth-order valence-corrected chi connectivity index (χ4v) is 3.96. The Morgan fingerprint density at radius 3 is 3.20 bits per heavy atom. The summed E-state index contributed by atoms with van der Waals surface area (Å²) >= 11 is 2.06. The van der Waals surface area contributed by atoms with Crippen LogP contribution in [0.25, 0.3) is 0 Å². The third-order valence-corrected chi connectivity index (χ3v) is 5.34. The van der Waals surface area contributed by atoms with E-state index in [1.807, 2.05) is 18.2 Å². The van der Waals surface area contributed by atoms with Crippen molar-refractivity contribution in [2.45, 2.75) is 31.1 Å². The molecule has 0 aliphatic carbocycles. The Kier molecular flexibility index (Phi) is 3.89. The van der Waals surface area contributed by atoms with Crippen LogP contribution >= 0.6 is 11.8 Å². The minimum Gasteiger partial charge on any atom is -0.482 e. The molecule has 2 heterocycles. The minimum atomic E-state index is -0.0857. The molecule has 20 heavy (non-hydrogen) atoms. The molecule has 0 spiro atoms. The number of carbonyl (C=O) groups excluding carboxylic acids is 1. The van der Waals surface area contributed by atoms with Crippen molar-refractivity contribution in [1.29, 1.82) is 0 Å². The molecule has 0 radical (unpaired) electrons. The monoisotopic (exact) mass is 292 g/mol. The highest BCUT2D eigenvalue weighted by atomic mass is 32.2. The third-order valence-electron chi connectivity index (χ3n) is 3.81. The van der Waals surface area contributed by atoms with Gasteiger partial charge in [-0.05, 0) is 43.2 Å².